The summed E-state index contributed by atoms with van der Waals surface area (Å²) in [4.78, 5) is 7.59. The molecule has 2 N–H and O–H groups in total. The fraction of sp³-hybridized carbons (Fsp3) is 0.0769. The highest BCUT2D eigenvalue weighted by atomic mass is 35.5. The SMILES string of the molecule is [OH2+]C(c1cnc(Cl)nc1Cl)c1cc(F)cc2ccoc12. The molecule has 0 saturated carbocycles. The molecular weight excluding hydrogens is 306 g/mol. The number of nitrogens with zero attached hydrogens (tertiary/aromatic N) is 2. The van der Waals surface area contributed by atoms with Crippen molar-refractivity contribution >= 4 is 34.2 Å². The van der Waals surface area contributed by atoms with Crippen molar-refractivity contribution in [1.82, 2.24) is 9.97 Å². The Bertz CT molecular complexity index is 791. The Morgan fingerprint density at radius 2 is 2.05 bits per heavy atom. The molecule has 2 heterocycles. The van der Waals surface area contributed by atoms with E-state index >= 15 is 0 Å². The Morgan fingerprint density at radius 3 is 2.80 bits per heavy atom. The molecule has 0 radical (unpaired) electrons. The molecule has 20 heavy (non-hydrogen) atoms. The topological polar surface area (TPSA) is 61.8 Å². The minimum Gasteiger partial charge on any atom is -0.464 e. The number of hydrogen-bond acceptors (Lipinski definition) is 3. The van der Waals surface area contributed by atoms with Crippen molar-refractivity contribution in [3.63, 3.8) is 0 Å². The maximum Gasteiger partial charge on any atom is 0.223 e. The van der Waals surface area contributed by atoms with Crippen LogP contribution in [-0.4, -0.2) is 15.1 Å². The minimum atomic E-state index is -0.968. The molecule has 0 bridgehead atoms. The Balaban J connectivity index is 2.16. The summed E-state index contributed by atoms with van der Waals surface area (Å²) in [5, 5.41) is 8.89. The van der Waals surface area contributed by atoms with Gasteiger partial charge in [0.25, 0.3) is 0 Å². The summed E-state index contributed by atoms with van der Waals surface area (Å²) in [5.41, 5.74) is 1.13. The zero-order valence-electron chi connectivity index (χ0n) is 9.90. The van der Waals surface area contributed by atoms with E-state index in [1.165, 1.54) is 24.6 Å². The largest absolute Gasteiger partial charge is 0.464 e. The van der Waals surface area contributed by atoms with Gasteiger partial charge in [-0.3, -0.25) is 0 Å². The first kappa shape index (κ1) is 13.3. The molecule has 0 aliphatic rings. The van der Waals surface area contributed by atoms with Gasteiger partial charge in [0.1, 0.15) is 16.6 Å². The van der Waals surface area contributed by atoms with Gasteiger partial charge in [0.05, 0.1) is 17.4 Å². The molecule has 0 aliphatic carbocycles. The minimum absolute atomic E-state index is 0.00617. The lowest BCUT2D eigenvalue weighted by molar-refractivity contribution is 0.219. The third-order valence-electron chi connectivity index (χ3n) is 2.91. The maximum atomic E-state index is 13.6. The number of benzene rings is 1. The lowest BCUT2D eigenvalue weighted by Gasteiger charge is -2.09. The van der Waals surface area contributed by atoms with Crippen LogP contribution in [0.4, 0.5) is 4.39 Å². The number of hydrogen-bond donors (Lipinski definition) is 0. The quantitative estimate of drug-likeness (QED) is 0.413. The Hall–Kier alpha value is -1.69. The summed E-state index contributed by atoms with van der Waals surface area (Å²) < 4.78 is 18.9. The van der Waals surface area contributed by atoms with Gasteiger partial charge < -0.3 is 9.52 Å². The van der Waals surface area contributed by atoms with E-state index in [1.54, 1.807) is 6.07 Å². The smallest absolute Gasteiger partial charge is 0.223 e. The lowest BCUT2D eigenvalue weighted by Crippen LogP contribution is -2.04. The summed E-state index contributed by atoms with van der Waals surface area (Å²) in [6.07, 6.45) is 1.83. The molecule has 0 aliphatic heterocycles. The van der Waals surface area contributed by atoms with Crippen LogP contribution >= 0.6 is 23.2 Å². The molecule has 0 spiro atoms. The van der Waals surface area contributed by atoms with E-state index in [-0.39, 0.29) is 10.4 Å². The highest BCUT2D eigenvalue weighted by molar-refractivity contribution is 6.32. The molecule has 1 unspecified atom stereocenters. The van der Waals surface area contributed by atoms with Crippen LogP contribution in [0, 0.1) is 5.82 Å². The molecular formula is C13H8Cl2FN2O2+. The first-order valence-corrected chi connectivity index (χ1v) is 6.37. The fourth-order valence-electron chi connectivity index (χ4n) is 2.00. The molecule has 3 rings (SSSR count). The summed E-state index contributed by atoms with van der Waals surface area (Å²) in [6.45, 7) is 0. The van der Waals surface area contributed by atoms with Crippen molar-refractivity contribution in [1.29, 1.82) is 0 Å². The maximum absolute atomic E-state index is 13.6. The second-order valence-corrected chi connectivity index (χ2v) is 4.85. The summed E-state index contributed by atoms with van der Waals surface area (Å²) >= 11 is 11.6. The standard InChI is InChI=1S/C13H7Cl2FN2O2/c14-12-9(5-17-13(15)18-12)10(19)8-4-7(16)3-6-1-2-20-11(6)8/h1-5,10,19H/p+1. The zero-order chi connectivity index (χ0) is 14.3. The molecule has 1 aromatic carbocycles. The molecule has 7 heteroatoms. The lowest BCUT2D eigenvalue weighted by atomic mass is 10.0. The van der Waals surface area contributed by atoms with E-state index in [4.69, 9.17) is 32.7 Å². The molecule has 0 saturated heterocycles. The molecule has 102 valence electrons. The van der Waals surface area contributed by atoms with Crippen molar-refractivity contribution in [2.24, 2.45) is 0 Å². The Morgan fingerprint density at radius 1 is 1.25 bits per heavy atom. The highest BCUT2D eigenvalue weighted by Crippen LogP contribution is 2.33. The van der Waals surface area contributed by atoms with Crippen LogP contribution in [0.3, 0.4) is 0 Å². The van der Waals surface area contributed by atoms with Crippen LogP contribution < -0.4 is 0 Å². The van der Waals surface area contributed by atoms with Gasteiger partial charge in [-0.15, -0.1) is 0 Å². The predicted octanol–water partition coefficient (Wildman–Crippen LogP) is 3.48. The summed E-state index contributed by atoms with van der Waals surface area (Å²) in [7, 11) is 0. The van der Waals surface area contributed by atoms with Crippen LogP contribution in [0.2, 0.25) is 10.4 Å². The normalized spacial score (nSPS) is 12.8. The van der Waals surface area contributed by atoms with E-state index in [1.807, 2.05) is 0 Å². The van der Waals surface area contributed by atoms with Crippen LogP contribution in [-0.2, 0) is 0 Å². The predicted molar refractivity (Wildman–Crippen MR) is 73.7 cm³/mol. The van der Waals surface area contributed by atoms with Crippen LogP contribution in [0.15, 0.2) is 35.1 Å². The Kier molecular flexibility index (Phi) is 3.33. The second-order valence-electron chi connectivity index (χ2n) is 4.15. The van der Waals surface area contributed by atoms with Crippen LogP contribution in [0.25, 0.3) is 11.0 Å². The van der Waals surface area contributed by atoms with Crippen LogP contribution in [0.5, 0.6) is 0 Å². The number of fused-ring (bicyclic) bond motifs is 1. The van der Waals surface area contributed by atoms with Gasteiger partial charge in [-0.1, -0.05) is 11.6 Å². The van der Waals surface area contributed by atoms with Crippen molar-refractivity contribution in [3.8, 4) is 0 Å². The van der Waals surface area contributed by atoms with Gasteiger partial charge in [-0.2, -0.15) is 0 Å². The summed E-state index contributed by atoms with van der Waals surface area (Å²) in [6, 6.07) is 4.22. The molecule has 4 nitrogen and oxygen atoms in total. The zero-order valence-corrected chi connectivity index (χ0v) is 11.4. The van der Waals surface area contributed by atoms with E-state index in [0.29, 0.717) is 22.1 Å². The van der Waals surface area contributed by atoms with Crippen molar-refractivity contribution < 1.29 is 13.9 Å². The third kappa shape index (κ3) is 2.24. The molecule has 0 fully saturated rings. The van der Waals surface area contributed by atoms with E-state index in [9.17, 15) is 4.39 Å². The number of rotatable bonds is 2. The van der Waals surface area contributed by atoms with Gasteiger partial charge in [-0.05, 0) is 29.8 Å². The first-order valence-electron chi connectivity index (χ1n) is 5.62. The van der Waals surface area contributed by atoms with Gasteiger partial charge >= 0.3 is 0 Å². The van der Waals surface area contributed by atoms with Gasteiger partial charge in [-0.25, -0.2) is 14.4 Å². The van der Waals surface area contributed by atoms with Gasteiger partial charge in [0.2, 0.25) is 11.4 Å². The van der Waals surface area contributed by atoms with Crippen molar-refractivity contribution in [2.45, 2.75) is 6.10 Å². The fourth-order valence-corrected chi connectivity index (χ4v) is 2.41. The number of aromatic nitrogens is 2. The molecule has 3 aromatic rings. The monoisotopic (exact) mass is 313 g/mol. The van der Waals surface area contributed by atoms with Crippen LogP contribution in [0.1, 0.15) is 17.2 Å². The van der Waals surface area contributed by atoms with Gasteiger partial charge in [0.15, 0.2) is 0 Å². The van der Waals surface area contributed by atoms with Gasteiger partial charge in [0, 0.05) is 11.6 Å². The number of halogens is 3. The molecule has 1 atom stereocenters. The van der Waals surface area contributed by atoms with E-state index in [2.05, 4.69) is 9.97 Å². The first-order chi connectivity index (χ1) is 9.56. The molecule has 0 amide bonds. The summed E-state index contributed by atoms with van der Waals surface area (Å²) in [5.74, 6) is -0.447. The number of furan rings is 1. The van der Waals surface area contributed by atoms with E-state index < -0.39 is 11.9 Å². The average molecular weight is 314 g/mol. The molecule has 2 aromatic heterocycles. The second kappa shape index (κ2) is 5.01. The van der Waals surface area contributed by atoms with Crippen molar-refractivity contribution in [2.75, 3.05) is 0 Å². The van der Waals surface area contributed by atoms with Crippen molar-refractivity contribution in [3.05, 3.63) is 58.0 Å². The highest BCUT2D eigenvalue weighted by Gasteiger charge is 2.25. The van der Waals surface area contributed by atoms with E-state index in [0.717, 1.165) is 0 Å². The Labute approximate surface area is 122 Å². The average Bonchev–Trinajstić information content (AvgIpc) is 2.85. The third-order valence-corrected chi connectivity index (χ3v) is 3.39.